The maximum absolute atomic E-state index is 10.0. The highest BCUT2D eigenvalue weighted by molar-refractivity contribution is 5.43. The second-order valence-corrected chi connectivity index (χ2v) is 5.92. The fourth-order valence-electron chi connectivity index (χ4n) is 3.09. The van der Waals surface area contributed by atoms with Gasteiger partial charge in [-0.1, -0.05) is 18.9 Å². The molecule has 2 rings (SSSR count). The van der Waals surface area contributed by atoms with Crippen molar-refractivity contribution in [3.05, 3.63) is 23.8 Å². The van der Waals surface area contributed by atoms with E-state index in [4.69, 9.17) is 9.47 Å². The minimum absolute atomic E-state index is 0.202. The highest BCUT2D eigenvalue weighted by Crippen LogP contribution is 2.28. The van der Waals surface area contributed by atoms with E-state index >= 15 is 0 Å². The summed E-state index contributed by atoms with van der Waals surface area (Å²) in [6.07, 6.45) is 5.04. The Kier molecular flexibility index (Phi) is 5.88. The molecule has 0 amide bonds. The van der Waals surface area contributed by atoms with Crippen LogP contribution in [0.3, 0.4) is 0 Å². The Balaban J connectivity index is 1.94. The van der Waals surface area contributed by atoms with Gasteiger partial charge in [0, 0.05) is 12.1 Å². The van der Waals surface area contributed by atoms with E-state index < -0.39 is 0 Å². The monoisotopic (exact) mass is 293 g/mol. The fraction of sp³-hybridized carbons (Fsp3) is 0.647. The van der Waals surface area contributed by atoms with Crippen LogP contribution in [0.1, 0.15) is 38.2 Å². The van der Waals surface area contributed by atoms with Crippen molar-refractivity contribution in [2.24, 2.45) is 0 Å². The van der Waals surface area contributed by atoms with E-state index in [-0.39, 0.29) is 12.1 Å². The van der Waals surface area contributed by atoms with Crippen LogP contribution in [-0.4, -0.2) is 37.5 Å². The Labute approximate surface area is 127 Å². The molecule has 4 heteroatoms. The van der Waals surface area contributed by atoms with Gasteiger partial charge in [-0.3, -0.25) is 0 Å². The lowest BCUT2D eigenvalue weighted by atomic mass is 9.91. The zero-order valence-corrected chi connectivity index (χ0v) is 13.3. The van der Waals surface area contributed by atoms with Crippen LogP contribution in [0.25, 0.3) is 0 Å². The van der Waals surface area contributed by atoms with Gasteiger partial charge in [0.1, 0.15) is 0 Å². The first kappa shape index (κ1) is 16.1. The third-order valence-electron chi connectivity index (χ3n) is 4.22. The van der Waals surface area contributed by atoms with Crippen molar-refractivity contribution < 1.29 is 14.6 Å². The van der Waals surface area contributed by atoms with Gasteiger partial charge in [-0.25, -0.2) is 0 Å². The molecule has 1 saturated carbocycles. The first-order valence-corrected chi connectivity index (χ1v) is 7.79. The molecular formula is C17H27NO3. The number of ether oxygens (including phenoxy) is 2. The third kappa shape index (κ3) is 4.35. The molecule has 0 aliphatic heterocycles. The van der Waals surface area contributed by atoms with Crippen LogP contribution in [0.2, 0.25) is 0 Å². The van der Waals surface area contributed by atoms with Crippen LogP contribution in [0.5, 0.6) is 11.5 Å². The maximum Gasteiger partial charge on any atom is 0.160 e. The number of benzene rings is 1. The van der Waals surface area contributed by atoms with Crippen molar-refractivity contribution in [2.45, 2.75) is 57.2 Å². The van der Waals surface area contributed by atoms with Gasteiger partial charge < -0.3 is 19.9 Å². The second-order valence-electron chi connectivity index (χ2n) is 5.92. The number of nitrogens with one attached hydrogen (secondary N) is 1. The van der Waals surface area contributed by atoms with Crippen molar-refractivity contribution in [3.63, 3.8) is 0 Å². The number of aliphatic hydroxyl groups is 1. The quantitative estimate of drug-likeness (QED) is 0.846. The lowest BCUT2D eigenvalue weighted by molar-refractivity contribution is 0.0859. The molecular weight excluding hydrogens is 266 g/mol. The van der Waals surface area contributed by atoms with Gasteiger partial charge in [-0.15, -0.1) is 0 Å². The molecule has 21 heavy (non-hydrogen) atoms. The Bertz CT molecular complexity index is 450. The molecule has 3 unspecified atom stereocenters. The fourth-order valence-corrected chi connectivity index (χ4v) is 3.09. The summed E-state index contributed by atoms with van der Waals surface area (Å²) in [5, 5.41) is 13.6. The smallest absolute Gasteiger partial charge is 0.160 e. The molecule has 1 aliphatic rings. The summed E-state index contributed by atoms with van der Waals surface area (Å²) in [6.45, 7) is 2.16. The van der Waals surface area contributed by atoms with E-state index in [1.807, 2.05) is 12.1 Å². The first-order chi connectivity index (χ1) is 10.1. The van der Waals surface area contributed by atoms with Crippen LogP contribution in [-0.2, 0) is 6.42 Å². The summed E-state index contributed by atoms with van der Waals surface area (Å²) < 4.78 is 10.6. The van der Waals surface area contributed by atoms with Crippen LogP contribution < -0.4 is 14.8 Å². The van der Waals surface area contributed by atoms with Gasteiger partial charge in [0.05, 0.1) is 20.3 Å². The van der Waals surface area contributed by atoms with Gasteiger partial charge in [0.25, 0.3) is 0 Å². The summed E-state index contributed by atoms with van der Waals surface area (Å²) in [5.41, 5.74) is 1.21. The van der Waals surface area contributed by atoms with Crippen LogP contribution >= 0.6 is 0 Å². The maximum atomic E-state index is 10.0. The van der Waals surface area contributed by atoms with E-state index in [0.717, 1.165) is 37.2 Å². The summed E-state index contributed by atoms with van der Waals surface area (Å²) in [5.74, 6) is 1.52. The molecule has 118 valence electrons. The SMILES string of the molecule is COc1ccc(CC(C)NC2CCCCC2O)cc1OC. The highest BCUT2D eigenvalue weighted by atomic mass is 16.5. The molecule has 0 heterocycles. The highest BCUT2D eigenvalue weighted by Gasteiger charge is 2.24. The average molecular weight is 293 g/mol. The predicted octanol–water partition coefficient (Wildman–Crippen LogP) is 2.53. The van der Waals surface area contributed by atoms with Crippen LogP contribution in [0, 0.1) is 0 Å². The van der Waals surface area contributed by atoms with Crippen molar-refractivity contribution in [3.8, 4) is 11.5 Å². The number of hydrogen-bond donors (Lipinski definition) is 2. The van der Waals surface area contributed by atoms with Crippen LogP contribution in [0.15, 0.2) is 18.2 Å². The summed E-state index contributed by atoms with van der Waals surface area (Å²) in [7, 11) is 3.30. The Morgan fingerprint density at radius 2 is 1.90 bits per heavy atom. The largest absolute Gasteiger partial charge is 0.493 e. The van der Waals surface area contributed by atoms with E-state index in [1.54, 1.807) is 14.2 Å². The van der Waals surface area contributed by atoms with E-state index in [0.29, 0.717) is 6.04 Å². The summed E-state index contributed by atoms with van der Waals surface area (Å²) in [6, 6.07) is 6.58. The number of methoxy groups -OCH3 is 2. The number of aliphatic hydroxyl groups excluding tert-OH is 1. The second kappa shape index (κ2) is 7.66. The molecule has 0 aromatic heterocycles. The minimum atomic E-state index is -0.202. The summed E-state index contributed by atoms with van der Waals surface area (Å²) >= 11 is 0. The molecule has 1 fully saturated rings. The molecule has 0 radical (unpaired) electrons. The topological polar surface area (TPSA) is 50.7 Å². The lowest BCUT2D eigenvalue weighted by Crippen LogP contribution is -2.46. The minimum Gasteiger partial charge on any atom is -0.493 e. The number of hydrogen-bond acceptors (Lipinski definition) is 4. The first-order valence-electron chi connectivity index (χ1n) is 7.79. The third-order valence-corrected chi connectivity index (χ3v) is 4.22. The Morgan fingerprint density at radius 3 is 2.57 bits per heavy atom. The molecule has 4 nitrogen and oxygen atoms in total. The molecule has 0 saturated heterocycles. The van der Waals surface area contributed by atoms with Crippen molar-refractivity contribution in [1.82, 2.24) is 5.32 Å². The number of rotatable bonds is 6. The van der Waals surface area contributed by atoms with Gasteiger partial charge >= 0.3 is 0 Å². The van der Waals surface area contributed by atoms with E-state index in [2.05, 4.69) is 18.3 Å². The van der Waals surface area contributed by atoms with Crippen LogP contribution in [0.4, 0.5) is 0 Å². The summed E-state index contributed by atoms with van der Waals surface area (Å²) in [4.78, 5) is 0. The van der Waals surface area contributed by atoms with Gasteiger partial charge in [-0.2, -0.15) is 0 Å². The molecule has 1 aromatic carbocycles. The zero-order valence-electron chi connectivity index (χ0n) is 13.3. The Hall–Kier alpha value is -1.26. The molecule has 1 aliphatic carbocycles. The zero-order chi connectivity index (χ0) is 15.2. The van der Waals surface area contributed by atoms with E-state index in [1.165, 1.54) is 12.0 Å². The Morgan fingerprint density at radius 1 is 1.19 bits per heavy atom. The van der Waals surface area contributed by atoms with Gasteiger partial charge in [-0.05, 0) is 43.9 Å². The predicted molar refractivity (Wildman–Crippen MR) is 84.1 cm³/mol. The molecule has 2 N–H and O–H groups in total. The average Bonchev–Trinajstić information content (AvgIpc) is 2.49. The van der Waals surface area contributed by atoms with Gasteiger partial charge in [0.15, 0.2) is 11.5 Å². The van der Waals surface area contributed by atoms with Gasteiger partial charge in [0.2, 0.25) is 0 Å². The molecule has 1 aromatic rings. The molecule has 0 spiro atoms. The van der Waals surface area contributed by atoms with Crippen molar-refractivity contribution in [1.29, 1.82) is 0 Å². The normalized spacial score (nSPS) is 23.6. The molecule has 0 bridgehead atoms. The molecule has 3 atom stereocenters. The van der Waals surface area contributed by atoms with Crippen molar-refractivity contribution in [2.75, 3.05) is 14.2 Å². The lowest BCUT2D eigenvalue weighted by Gasteiger charge is -2.31. The van der Waals surface area contributed by atoms with Crippen molar-refractivity contribution >= 4 is 0 Å². The van der Waals surface area contributed by atoms with E-state index in [9.17, 15) is 5.11 Å². The standard InChI is InChI=1S/C17H27NO3/c1-12(18-14-6-4-5-7-15(14)19)10-13-8-9-16(20-2)17(11-13)21-3/h8-9,11-12,14-15,18-19H,4-7,10H2,1-3H3.